The molecule has 0 bridgehead atoms. The van der Waals surface area contributed by atoms with E-state index in [1.165, 1.54) is 0 Å². The van der Waals surface area contributed by atoms with E-state index < -0.39 is 36.1 Å². The molecule has 0 radical (unpaired) electrons. The molecule has 0 aromatic carbocycles. The van der Waals surface area contributed by atoms with E-state index in [1.807, 2.05) is 0 Å². The number of carboxylic acid groups (broad SMARTS) is 2. The molecule has 0 saturated carbocycles. The van der Waals surface area contributed by atoms with E-state index in [4.69, 9.17) is 10.8 Å². The van der Waals surface area contributed by atoms with Crippen molar-refractivity contribution >= 4 is 17.7 Å². The van der Waals surface area contributed by atoms with Crippen LogP contribution in [0.4, 0.5) is 0 Å². The molecule has 20 heavy (non-hydrogen) atoms. The molecular weight excluding hydrogens is 273 g/mol. The Bertz CT molecular complexity index is 335. The Morgan fingerprint density at radius 2 is 1.65 bits per heavy atom. The number of hydrogen-bond donors (Lipinski definition) is 2. The average molecular weight is 295 g/mol. The quantitative estimate of drug-likeness (QED) is 0.242. The van der Waals surface area contributed by atoms with Crippen molar-refractivity contribution in [1.29, 1.82) is 0 Å². The standard InChI is InChI=1S/C13H23NO5.Na/c1-2-3-4-5-6-7-10(15)13(14,12(18)19)9-8-11(16)17;/h2-9,14H2,1H3,(H,16,17)(H,18,19);/q;+1/p-1/t13-;/m1./s1. The van der Waals surface area contributed by atoms with Crippen LogP contribution in [0.3, 0.4) is 0 Å². The number of unbranched alkanes of at least 4 members (excludes halogenated alkanes) is 4. The van der Waals surface area contributed by atoms with Crippen LogP contribution >= 0.6 is 0 Å². The predicted octanol–water partition coefficient (Wildman–Crippen LogP) is -2.77. The molecule has 0 amide bonds. The van der Waals surface area contributed by atoms with Crippen molar-refractivity contribution in [2.24, 2.45) is 5.73 Å². The van der Waals surface area contributed by atoms with Gasteiger partial charge < -0.3 is 20.7 Å². The van der Waals surface area contributed by atoms with Gasteiger partial charge in [-0.1, -0.05) is 32.6 Å². The maximum Gasteiger partial charge on any atom is 1.00 e. The summed E-state index contributed by atoms with van der Waals surface area (Å²) in [5.41, 5.74) is 3.32. The molecule has 0 aromatic heterocycles. The van der Waals surface area contributed by atoms with E-state index in [1.54, 1.807) is 0 Å². The van der Waals surface area contributed by atoms with Crippen LogP contribution in [0.5, 0.6) is 0 Å². The summed E-state index contributed by atoms with van der Waals surface area (Å²) in [5.74, 6) is -3.54. The van der Waals surface area contributed by atoms with Crippen LogP contribution in [0.25, 0.3) is 0 Å². The van der Waals surface area contributed by atoms with Gasteiger partial charge in [-0.15, -0.1) is 0 Å². The zero-order valence-electron chi connectivity index (χ0n) is 12.3. The molecular formula is C13H22NNaO5. The molecule has 0 aromatic rings. The summed E-state index contributed by atoms with van der Waals surface area (Å²) < 4.78 is 0. The van der Waals surface area contributed by atoms with Gasteiger partial charge in [0.2, 0.25) is 0 Å². The van der Waals surface area contributed by atoms with Crippen LogP contribution in [0.2, 0.25) is 0 Å². The van der Waals surface area contributed by atoms with Gasteiger partial charge in [-0.3, -0.25) is 9.59 Å². The second-order valence-electron chi connectivity index (χ2n) is 4.74. The number of carboxylic acids is 2. The summed E-state index contributed by atoms with van der Waals surface area (Å²) in [7, 11) is 0. The maximum absolute atomic E-state index is 11.8. The van der Waals surface area contributed by atoms with Gasteiger partial charge >= 0.3 is 35.5 Å². The zero-order valence-corrected chi connectivity index (χ0v) is 14.3. The number of hydrogen-bond acceptors (Lipinski definition) is 5. The number of aliphatic carboxylic acids is 2. The van der Waals surface area contributed by atoms with E-state index in [9.17, 15) is 19.5 Å². The average Bonchev–Trinajstić information content (AvgIpc) is 2.35. The molecule has 0 unspecified atom stereocenters. The van der Waals surface area contributed by atoms with E-state index in [-0.39, 0.29) is 36.0 Å². The normalized spacial score (nSPS) is 13.1. The smallest absolute Gasteiger partial charge is 0.548 e. The molecule has 0 aliphatic rings. The summed E-state index contributed by atoms with van der Waals surface area (Å²) in [6, 6.07) is 0. The number of ketones is 1. The van der Waals surface area contributed by atoms with Crippen LogP contribution in [0.15, 0.2) is 0 Å². The van der Waals surface area contributed by atoms with Gasteiger partial charge in [0.05, 0.1) is 5.97 Å². The molecule has 0 spiro atoms. The number of rotatable bonds is 11. The molecule has 6 nitrogen and oxygen atoms in total. The largest absolute Gasteiger partial charge is 1.00 e. The van der Waals surface area contributed by atoms with Crippen LogP contribution < -0.4 is 40.4 Å². The first-order valence-electron chi connectivity index (χ1n) is 6.60. The molecule has 3 N–H and O–H groups in total. The van der Waals surface area contributed by atoms with E-state index >= 15 is 0 Å². The van der Waals surface area contributed by atoms with Gasteiger partial charge in [0.15, 0.2) is 5.78 Å². The molecule has 110 valence electrons. The van der Waals surface area contributed by atoms with Crippen molar-refractivity contribution in [3.8, 4) is 0 Å². The summed E-state index contributed by atoms with van der Waals surface area (Å²) in [6.45, 7) is 2.07. The minimum atomic E-state index is -2.18. The minimum absolute atomic E-state index is 0. The van der Waals surface area contributed by atoms with Gasteiger partial charge in [0.1, 0.15) is 5.54 Å². The van der Waals surface area contributed by atoms with Crippen LogP contribution in [-0.4, -0.2) is 28.4 Å². The third kappa shape index (κ3) is 7.99. The third-order valence-electron chi connectivity index (χ3n) is 3.10. The Balaban J connectivity index is 0. The number of Topliss-reactive ketones (excluding diaryl/α,β-unsaturated/α-hetero) is 1. The first-order chi connectivity index (χ1) is 8.84. The summed E-state index contributed by atoms with van der Waals surface area (Å²) in [5, 5.41) is 19.5. The summed E-state index contributed by atoms with van der Waals surface area (Å²) in [6.07, 6.45) is 3.69. The van der Waals surface area contributed by atoms with Crippen LogP contribution in [0, 0.1) is 0 Å². The summed E-state index contributed by atoms with van der Waals surface area (Å²) >= 11 is 0. The monoisotopic (exact) mass is 295 g/mol. The summed E-state index contributed by atoms with van der Waals surface area (Å²) in [4.78, 5) is 33.2. The Kier molecular flexibility index (Phi) is 12.3. The fourth-order valence-corrected chi connectivity index (χ4v) is 1.77. The fourth-order valence-electron chi connectivity index (χ4n) is 1.77. The van der Waals surface area contributed by atoms with E-state index in [0.717, 1.165) is 25.7 Å². The Hall–Kier alpha value is -0.430. The second-order valence-corrected chi connectivity index (χ2v) is 4.74. The number of carbonyl (C=O) groups is 3. The van der Waals surface area contributed by atoms with Gasteiger partial charge in [0.25, 0.3) is 0 Å². The predicted molar refractivity (Wildman–Crippen MR) is 67.2 cm³/mol. The zero-order chi connectivity index (χ0) is 14.9. The Morgan fingerprint density at radius 1 is 1.10 bits per heavy atom. The van der Waals surface area contributed by atoms with Crippen LogP contribution in [0.1, 0.15) is 58.3 Å². The van der Waals surface area contributed by atoms with Crippen molar-refractivity contribution in [2.45, 2.75) is 63.8 Å². The number of nitrogens with two attached hydrogens (primary N) is 1. The first kappa shape index (κ1) is 21.9. The molecule has 0 aliphatic heterocycles. The fraction of sp³-hybridized carbons (Fsp3) is 0.769. The molecule has 0 aliphatic carbocycles. The maximum atomic E-state index is 11.8. The van der Waals surface area contributed by atoms with Gasteiger partial charge in [-0.25, -0.2) is 0 Å². The number of carbonyl (C=O) groups excluding carboxylic acids is 2. The van der Waals surface area contributed by atoms with E-state index in [0.29, 0.717) is 6.42 Å². The topological polar surface area (TPSA) is 121 Å². The molecule has 7 heteroatoms. The van der Waals surface area contributed by atoms with Crippen molar-refractivity contribution in [3.63, 3.8) is 0 Å². The third-order valence-corrected chi connectivity index (χ3v) is 3.10. The second kappa shape index (κ2) is 11.3. The molecule has 0 rings (SSSR count). The van der Waals surface area contributed by atoms with Crippen molar-refractivity contribution in [1.82, 2.24) is 0 Å². The molecule has 0 saturated heterocycles. The van der Waals surface area contributed by atoms with Crippen molar-refractivity contribution in [3.05, 3.63) is 0 Å². The van der Waals surface area contributed by atoms with Gasteiger partial charge in [-0.05, 0) is 12.8 Å². The van der Waals surface area contributed by atoms with Crippen molar-refractivity contribution < 1.29 is 54.2 Å². The van der Waals surface area contributed by atoms with Gasteiger partial charge in [0, 0.05) is 12.8 Å². The Labute approximate surface area is 141 Å². The molecule has 1 atom stereocenters. The van der Waals surface area contributed by atoms with Gasteiger partial charge in [-0.2, -0.15) is 0 Å². The van der Waals surface area contributed by atoms with E-state index in [2.05, 4.69) is 6.92 Å². The minimum Gasteiger partial charge on any atom is -0.548 e. The Morgan fingerprint density at radius 3 is 2.10 bits per heavy atom. The first-order valence-corrected chi connectivity index (χ1v) is 6.60. The SMILES string of the molecule is CCCCCCCC(=O)[C@](N)(CCC(=O)O)C(=O)[O-].[Na+]. The molecule has 0 heterocycles. The van der Waals surface area contributed by atoms with Crippen LogP contribution in [-0.2, 0) is 14.4 Å². The molecule has 0 fully saturated rings. The van der Waals surface area contributed by atoms with Crippen molar-refractivity contribution in [2.75, 3.05) is 0 Å².